The maximum absolute atomic E-state index is 12.3. The summed E-state index contributed by atoms with van der Waals surface area (Å²) in [5.41, 5.74) is 0.848. The first-order valence-electron chi connectivity index (χ1n) is 6.14. The molecule has 0 radical (unpaired) electrons. The average molecular weight is 358 g/mol. The lowest BCUT2D eigenvalue weighted by molar-refractivity contribution is 0.496. The van der Waals surface area contributed by atoms with E-state index in [1.165, 1.54) is 0 Å². The Labute approximate surface area is 127 Å². The fourth-order valence-electron chi connectivity index (χ4n) is 2.08. The fourth-order valence-corrected chi connectivity index (χ4v) is 3.90. The molecule has 0 saturated heterocycles. The van der Waals surface area contributed by atoms with Crippen LogP contribution in [0.5, 0.6) is 0 Å². The van der Waals surface area contributed by atoms with E-state index in [0.29, 0.717) is 0 Å². The van der Waals surface area contributed by atoms with Crippen molar-refractivity contribution in [1.29, 1.82) is 0 Å². The van der Waals surface area contributed by atoms with Crippen LogP contribution in [0.25, 0.3) is 0 Å². The highest BCUT2D eigenvalue weighted by molar-refractivity contribution is 9.10. The Morgan fingerprint density at radius 3 is 2.50 bits per heavy atom. The van der Waals surface area contributed by atoms with Gasteiger partial charge >= 0.3 is 0 Å². The van der Waals surface area contributed by atoms with Gasteiger partial charge < -0.3 is 4.42 Å². The van der Waals surface area contributed by atoms with Gasteiger partial charge in [0.15, 0.2) is 0 Å². The molecule has 4 nitrogen and oxygen atoms in total. The van der Waals surface area contributed by atoms with Crippen LogP contribution in [0.4, 0.5) is 0 Å². The summed E-state index contributed by atoms with van der Waals surface area (Å²) in [7, 11) is -3.56. The summed E-state index contributed by atoms with van der Waals surface area (Å²) in [5, 5.41) is 0. The Morgan fingerprint density at radius 1 is 1.25 bits per heavy atom. The molecule has 0 saturated carbocycles. The third-order valence-corrected chi connectivity index (χ3v) is 5.02. The van der Waals surface area contributed by atoms with Crippen molar-refractivity contribution in [2.45, 2.75) is 31.7 Å². The van der Waals surface area contributed by atoms with Gasteiger partial charge in [-0.2, -0.15) is 0 Å². The van der Waals surface area contributed by atoms with Crippen molar-refractivity contribution in [3.05, 3.63) is 51.9 Å². The lowest BCUT2D eigenvalue weighted by Gasteiger charge is -2.13. The molecule has 1 aromatic carbocycles. The predicted octanol–water partition coefficient (Wildman–Crippen LogP) is 3.70. The summed E-state index contributed by atoms with van der Waals surface area (Å²) in [4.78, 5) is 0.233. The quantitative estimate of drug-likeness (QED) is 0.907. The van der Waals surface area contributed by atoms with Crippen molar-refractivity contribution in [2.75, 3.05) is 0 Å². The van der Waals surface area contributed by atoms with Gasteiger partial charge in [-0.25, -0.2) is 13.1 Å². The van der Waals surface area contributed by atoms with Crippen molar-refractivity contribution in [1.82, 2.24) is 4.72 Å². The van der Waals surface area contributed by atoms with E-state index in [2.05, 4.69) is 20.7 Å². The molecule has 2 rings (SSSR count). The zero-order valence-electron chi connectivity index (χ0n) is 11.5. The van der Waals surface area contributed by atoms with Crippen LogP contribution in [0.2, 0.25) is 0 Å². The van der Waals surface area contributed by atoms with Gasteiger partial charge in [0, 0.05) is 16.1 Å². The first-order valence-corrected chi connectivity index (χ1v) is 8.42. The van der Waals surface area contributed by atoms with Crippen LogP contribution in [-0.2, 0) is 10.0 Å². The number of aryl methyl sites for hydroxylation is 2. The van der Waals surface area contributed by atoms with Gasteiger partial charge in [0.1, 0.15) is 11.5 Å². The van der Waals surface area contributed by atoms with E-state index < -0.39 is 10.0 Å². The van der Waals surface area contributed by atoms with E-state index in [0.717, 1.165) is 21.6 Å². The third-order valence-electron chi connectivity index (χ3n) is 2.98. The SMILES string of the molecule is Cc1cc(C(C)NS(=O)(=O)c2cccc(Br)c2)c(C)o1. The standard InChI is InChI=1S/C14H16BrNO3S/c1-9-7-14(11(3)19-9)10(2)16-20(17,18)13-6-4-5-12(15)8-13/h4-8,10,16H,1-3H3. The molecular formula is C14H16BrNO3S. The molecular weight excluding hydrogens is 342 g/mol. The predicted molar refractivity (Wildman–Crippen MR) is 81.1 cm³/mol. The van der Waals surface area contributed by atoms with E-state index in [1.807, 2.05) is 19.9 Å². The van der Waals surface area contributed by atoms with Gasteiger partial charge in [0.2, 0.25) is 10.0 Å². The number of hydrogen-bond donors (Lipinski definition) is 1. The van der Waals surface area contributed by atoms with Crippen molar-refractivity contribution in [3.8, 4) is 0 Å². The minimum Gasteiger partial charge on any atom is -0.466 e. The van der Waals surface area contributed by atoms with Crippen LogP contribution in [0.15, 0.2) is 44.1 Å². The molecule has 1 aromatic heterocycles. The van der Waals surface area contributed by atoms with Gasteiger partial charge in [-0.3, -0.25) is 0 Å². The van der Waals surface area contributed by atoms with Gasteiger partial charge in [0.05, 0.1) is 4.90 Å². The number of sulfonamides is 1. The van der Waals surface area contributed by atoms with E-state index in [-0.39, 0.29) is 10.9 Å². The van der Waals surface area contributed by atoms with Crippen LogP contribution in [-0.4, -0.2) is 8.42 Å². The fraction of sp³-hybridized carbons (Fsp3) is 0.286. The van der Waals surface area contributed by atoms with Crippen molar-refractivity contribution >= 4 is 26.0 Å². The smallest absolute Gasteiger partial charge is 0.241 e. The summed E-state index contributed by atoms with van der Waals surface area (Å²) in [6.45, 7) is 5.46. The van der Waals surface area contributed by atoms with Crippen molar-refractivity contribution in [3.63, 3.8) is 0 Å². The monoisotopic (exact) mass is 357 g/mol. The zero-order valence-corrected chi connectivity index (χ0v) is 13.9. The summed E-state index contributed by atoms with van der Waals surface area (Å²) >= 11 is 3.27. The largest absolute Gasteiger partial charge is 0.466 e. The van der Waals surface area contributed by atoms with Crippen LogP contribution in [0.1, 0.15) is 30.0 Å². The number of hydrogen-bond acceptors (Lipinski definition) is 3. The molecule has 20 heavy (non-hydrogen) atoms. The number of rotatable bonds is 4. The summed E-state index contributed by atoms with van der Waals surface area (Å²) in [5.74, 6) is 1.50. The minimum atomic E-state index is -3.56. The number of furan rings is 1. The Kier molecular flexibility index (Phi) is 4.36. The number of nitrogens with one attached hydrogen (secondary N) is 1. The molecule has 1 atom stereocenters. The molecule has 0 aliphatic carbocycles. The summed E-state index contributed by atoms with van der Waals surface area (Å²) in [6.07, 6.45) is 0. The molecule has 0 aliphatic heterocycles. The molecule has 0 spiro atoms. The summed E-state index contributed by atoms with van der Waals surface area (Å²) < 4.78 is 33.5. The maximum Gasteiger partial charge on any atom is 0.241 e. The van der Waals surface area contributed by atoms with Crippen LogP contribution in [0, 0.1) is 13.8 Å². The molecule has 0 amide bonds. The number of halogens is 1. The Balaban J connectivity index is 2.26. The van der Waals surface area contributed by atoms with Gasteiger partial charge in [-0.15, -0.1) is 0 Å². The molecule has 108 valence electrons. The van der Waals surface area contributed by atoms with Crippen LogP contribution >= 0.6 is 15.9 Å². The maximum atomic E-state index is 12.3. The highest BCUT2D eigenvalue weighted by atomic mass is 79.9. The Hall–Kier alpha value is -1.11. The molecule has 0 bridgehead atoms. The van der Waals surface area contributed by atoms with E-state index >= 15 is 0 Å². The number of benzene rings is 1. The summed E-state index contributed by atoms with van der Waals surface area (Å²) in [6, 6.07) is 8.11. The molecule has 0 fully saturated rings. The average Bonchev–Trinajstić information content (AvgIpc) is 2.68. The second kappa shape index (κ2) is 5.71. The topological polar surface area (TPSA) is 59.3 Å². The van der Waals surface area contributed by atoms with Gasteiger partial charge in [0.25, 0.3) is 0 Å². The second-order valence-corrected chi connectivity index (χ2v) is 7.30. The Bertz CT molecular complexity index is 722. The van der Waals surface area contributed by atoms with Gasteiger partial charge in [-0.1, -0.05) is 22.0 Å². The normalized spacial score (nSPS) is 13.4. The molecule has 2 aromatic rings. The van der Waals surface area contributed by atoms with E-state index in [4.69, 9.17) is 4.42 Å². The van der Waals surface area contributed by atoms with E-state index in [9.17, 15) is 8.42 Å². The van der Waals surface area contributed by atoms with Crippen molar-refractivity contribution < 1.29 is 12.8 Å². The third kappa shape index (κ3) is 3.31. The van der Waals surface area contributed by atoms with Gasteiger partial charge in [-0.05, 0) is 45.0 Å². The first-order chi connectivity index (χ1) is 9.29. The van der Waals surface area contributed by atoms with Crippen LogP contribution in [0.3, 0.4) is 0 Å². The van der Waals surface area contributed by atoms with Crippen molar-refractivity contribution in [2.24, 2.45) is 0 Å². The zero-order chi connectivity index (χ0) is 14.9. The Morgan fingerprint density at radius 2 is 1.95 bits per heavy atom. The first kappa shape index (κ1) is 15.3. The molecule has 6 heteroatoms. The highest BCUT2D eigenvalue weighted by Crippen LogP contribution is 2.24. The lowest BCUT2D eigenvalue weighted by atomic mass is 10.1. The molecule has 0 aliphatic rings. The minimum absolute atomic E-state index is 0.233. The molecule has 1 heterocycles. The van der Waals surface area contributed by atoms with E-state index in [1.54, 1.807) is 31.2 Å². The molecule has 1 unspecified atom stereocenters. The molecule has 1 N–H and O–H groups in total. The second-order valence-electron chi connectivity index (χ2n) is 4.67. The van der Waals surface area contributed by atoms with Crippen LogP contribution < -0.4 is 4.72 Å². The highest BCUT2D eigenvalue weighted by Gasteiger charge is 2.21. The lowest BCUT2D eigenvalue weighted by Crippen LogP contribution is -2.27.